The van der Waals surface area contributed by atoms with Crippen molar-refractivity contribution in [1.82, 2.24) is 14.4 Å². The van der Waals surface area contributed by atoms with Crippen LogP contribution in [0.2, 0.25) is 0 Å². The monoisotopic (exact) mass is 474 g/mol. The van der Waals surface area contributed by atoms with E-state index in [1.54, 1.807) is 13.0 Å². The first-order valence-electron chi connectivity index (χ1n) is 11.2. The number of para-hydroxylation sites is 1. The van der Waals surface area contributed by atoms with Gasteiger partial charge >= 0.3 is 0 Å². The standard InChI is InChI=1S/C23H30N4O5S/c1-17-6-3-4-8-20(17)24-23(28)19-7-5-10-27(16-19)33(29,30)22-18(2)25-32-21(22)9-11-26-12-14-31-15-13-26/h3-4,6,8-9,11,19H,5,7,10,12-16H2,1-2H3,(H,24,28)/b11-9+. The molecule has 0 aliphatic carbocycles. The summed E-state index contributed by atoms with van der Waals surface area (Å²) < 4.78 is 39.2. The first-order valence-corrected chi connectivity index (χ1v) is 12.6. The van der Waals surface area contributed by atoms with Crippen LogP contribution in [0.1, 0.15) is 29.9 Å². The predicted molar refractivity (Wildman–Crippen MR) is 124 cm³/mol. The minimum Gasteiger partial charge on any atom is -0.378 e. The van der Waals surface area contributed by atoms with Crippen LogP contribution in [0, 0.1) is 19.8 Å². The number of amides is 1. The van der Waals surface area contributed by atoms with Crippen LogP contribution in [0.3, 0.4) is 0 Å². The molecule has 0 saturated carbocycles. The third kappa shape index (κ3) is 5.29. The second-order valence-electron chi connectivity index (χ2n) is 8.43. The smallest absolute Gasteiger partial charge is 0.248 e. The second kappa shape index (κ2) is 10.1. The number of ether oxygens (including phenoxy) is 1. The molecule has 1 unspecified atom stereocenters. The van der Waals surface area contributed by atoms with E-state index < -0.39 is 15.9 Å². The summed E-state index contributed by atoms with van der Waals surface area (Å²) in [7, 11) is -3.88. The molecule has 2 saturated heterocycles. The summed E-state index contributed by atoms with van der Waals surface area (Å²) in [6, 6.07) is 7.54. The predicted octanol–water partition coefficient (Wildman–Crippen LogP) is 2.63. The average Bonchev–Trinajstić information content (AvgIpc) is 3.21. The minimum atomic E-state index is -3.88. The van der Waals surface area contributed by atoms with Crippen molar-refractivity contribution in [3.63, 3.8) is 0 Å². The SMILES string of the molecule is Cc1ccccc1NC(=O)C1CCCN(S(=O)(=O)c2c(C)noc2/C=C/N2CCOCC2)C1. The molecular weight excluding hydrogens is 444 g/mol. The number of piperidine rings is 1. The molecule has 0 bridgehead atoms. The molecule has 1 atom stereocenters. The lowest BCUT2D eigenvalue weighted by atomic mass is 9.98. The van der Waals surface area contributed by atoms with Crippen LogP contribution < -0.4 is 5.32 Å². The number of nitrogens with one attached hydrogen (secondary N) is 1. The lowest BCUT2D eigenvalue weighted by Gasteiger charge is -2.31. The Bertz CT molecular complexity index is 1120. The Kier molecular flexibility index (Phi) is 7.16. The highest BCUT2D eigenvalue weighted by Crippen LogP contribution is 2.29. The molecule has 0 spiro atoms. The zero-order valence-corrected chi connectivity index (χ0v) is 19.8. The number of aryl methyl sites for hydroxylation is 2. The molecule has 9 nitrogen and oxygen atoms in total. The molecular formula is C23H30N4O5S. The summed E-state index contributed by atoms with van der Waals surface area (Å²) >= 11 is 0. The molecule has 178 valence electrons. The number of anilines is 1. The van der Waals surface area contributed by atoms with Gasteiger partial charge in [-0.05, 0) is 38.3 Å². The third-order valence-corrected chi connectivity index (χ3v) is 8.10. The van der Waals surface area contributed by atoms with Crippen molar-refractivity contribution >= 4 is 27.7 Å². The van der Waals surface area contributed by atoms with Crippen LogP contribution in [0.15, 0.2) is 39.9 Å². The number of hydrogen-bond donors (Lipinski definition) is 1. The average molecular weight is 475 g/mol. The van der Waals surface area contributed by atoms with Crippen LogP contribution in [-0.2, 0) is 19.6 Å². The van der Waals surface area contributed by atoms with Crippen molar-refractivity contribution in [3.8, 4) is 0 Å². The lowest BCUT2D eigenvalue weighted by Crippen LogP contribution is -2.44. The van der Waals surface area contributed by atoms with E-state index in [9.17, 15) is 13.2 Å². The van der Waals surface area contributed by atoms with Crippen LogP contribution in [0.4, 0.5) is 5.69 Å². The van der Waals surface area contributed by atoms with Gasteiger partial charge in [-0.1, -0.05) is 23.4 Å². The van der Waals surface area contributed by atoms with Gasteiger partial charge < -0.3 is 19.5 Å². The van der Waals surface area contributed by atoms with E-state index in [1.807, 2.05) is 42.3 Å². The van der Waals surface area contributed by atoms with Crippen molar-refractivity contribution in [3.05, 3.63) is 47.5 Å². The van der Waals surface area contributed by atoms with E-state index in [1.165, 1.54) is 4.31 Å². The Balaban J connectivity index is 1.50. The van der Waals surface area contributed by atoms with E-state index in [0.717, 1.165) is 24.3 Å². The second-order valence-corrected chi connectivity index (χ2v) is 10.3. The van der Waals surface area contributed by atoms with Gasteiger partial charge in [-0.25, -0.2) is 8.42 Å². The molecule has 2 fully saturated rings. The van der Waals surface area contributed by atoms with Gasteiger partial charge in [0, 0.05) is 44.1 Å². The van der Waals surface area contributed by atoms with Gasteiger partial charge in [0.15, 0.2) is 10.7 Å². The maximum absolute atomic E-state index is 13.5. The molecule has 10 heteroatoms. The molecule has 2 aliphatic heterocycles. The topological polar surface area (TPSA) is 105 Å². The summed E-state index contributed by atoms with van der Waals surface area (Å²) in [5.41, 5.74) is 2.01. The van der Waals surface area contributed by atoms with E-state index in [0.29, 0.717) is 38.3 Å². The number of rotatable bonds is 6. The highest BCUT2D eigenvalue weighted by molar-refractivity contribution is 7.89. The lowest BCUT2D eigenvalue weighted by molar-refractivity contribution is -0.120. The van der Waals surface area contributed by atoms with Gasteiger partial charge in [0.2, 0.25) is 15.9 Å². The molecule has 4 rings (SSSR count). The van der Waals surface area contributed by atoms with Crippen molar-refractivity contribution in [1.29, 1.82) is 0 Å². The van der Waals surface area contributed by atoms with Gasteiger partial charge in [0.05, 0.1) is 19.1 Å². The summed E-state index contributed by atoms with van der Waals surface area (Å²) in [4.78, 5) is 15.0. The van der Waals surface area contributed by atoms with Crippen molar-refractivity contribution in [2.75, 3.05) is 44.7 Å². The molecule has 1 N–H and O–H groups in total. The molecule has 1 aromatic heterocycles. The number of nitrogens with zero attached hydrogens (tertiary/aromatic N) is 3. The Morgan fingerprint density at radius 3 is 2.70 bits per heavy atom. The largest absolute Gasteiger partial charge is 0.378 e. The fourth-order valence-corrected chi connectivity index (χ4v) is 5.92. The number of hydrogen-bond acceptors (Lipinski definition) is 7. The van der Waals surface area contributed by atoms with Crippen molar-refractivity contribution in [2.45, 2.75) is 31.6 Å². The highest BCUT2D eigenvalue weighted by atomic mass is 32.2. The van der Waals surface area contributed by atoms with Gasteiger partial charge in [-0.3, -0.25) is 4.79 Å². The number of morpholine rings is 1. The summed E-state index contributed by atoms with van der Waals surface area (Å²) in [6.45, 7) is 6.74. The Hall–Kier alpha value is -2.69. The van der Waals surface area contributed by atoms with Gasteiger partial charge in [-0.2, -0.15) is 4.31 Å². The van der Waals surface area contributed by atoms with Crippen LogP contribution in [-0.4, -0.2) is 68.1 Å². The Morgan fingerprint density at radius 1 is 1.18 bits per heavy atom. The van der Waals surface area contributed by atoms with E-state index >= 15 is 0 Å². The number of sulfonamides is 1. The number of carbonyl (C=O) groups is 1. The zero-order chi connectivity index (χ0) is 23.4. The Labute approximate surface area is 194 Å². The summed E-state index contributed by atoms with van der Waals surface area (Å²) in [5, 5.41) is 6.85. The molecule has 3 heterocycles. The molecule has 0 radical (unpaired) electrons. The van der Waals surface area contributed by atoms with Crippen LogP contribution in [0.5, 0.6) is 0 Å². The fraction of sp³-hybridized carbons (Fsp3) is 0.478. The number of aromatic nitrogens is 1. The van der Waals surface area contributed by atoms with Gasteiger partial charge in [0.1, 0.15) is 5.69 Å². The first-order chi connectivity index (χ1) is 15.9. The maximum Gasteiger partial charge on any atom is 0.248 e. The van der Waals surface area contributed by atoms with Crippen LogP contribution in [0.25, 0.3) is 6.08 Å². The third-order valence-electron chi connectivity index (χ3n) is 6.07. The minimum absolute atomic E-state index is 0.0620. The maximum atomic E-state index is 13.5. The summed E-state index contributed by atoms with van der Waals surface area (Å²) in [6.07, 6.45) is 4.70. The molecule has 33 heavy (non-hydrogen) atoms. The number of benzene rings is 1. The van der Waals surface area contributed by atoms with Crippen molar-refractivity contribution < 1.29 is 22.5 Å². The number of carbonyl (C=O) groups excluding carboxylic acids is 1. The van der Waals surface area contributed by atoms with E-state index in [4.69, 9.17) is 9.26 Å². The quantitative estimate of drug-likeness (QED) is 0.686. The van der Waals surface area contributed by atoms with E-state index in [-0.39, 0.29) is 23.1 Å². The van der Waals surface area contributed by atoms with Gasteiger partial charge in [0.25, 0.3) is 0 Å². The first kappa shape index (κ1) is 23.5. The fourth-order valence-electron chi connectivity index (χ4n) is 4.15. The van der Waals surface area contributed by atoms with Gasteiger partial charge in [-0.15, -0.1) is 0 Å². The molecule has 1 amide bonds. The van der Waals surface area contributed by atoms with Crippen LogP contribution >= 0.6 is 0 Å². The van der Waals surface area contributed by atoms with E-state index in [2.05, 4.69) is 10.5 Å². The highest BCUT2D eigenvalue weighted by Gasteiger charge is 2.37. The summed E-state index contributed by atoms with van der Waals surface area (Å²) in [5.74, 6) is -0.398. The molecule has 1 aromatic carbocycles. The Morgan fingerprint density at radius 2 is 1.94 bits per heavy atom. The zero-order valence-electron chi connectivity index (χ0n) is 19.0. The molecule has 2 aromatic rings. The normalized spacial score (nSPS) is 20.3. The van der Waals surface area contributed by atoms with Crippen molar-refractivity contribution in [2.24, 2.45) is 5.92 Å². The molecule has 2 aliphatic rings.